The van der Waals surface area contributed by atoms with Gasteiger partial charge in [0.2, 0.25) is 0 Å². The van der Waals surface area contributed by atoms with Gasteiger partial charge in [-0.3, -0.25) is 4.79 Å². The number of carbonyl (C=O) groups excluding carboxylic acids is 1. The van der Waals surface area contributed by atoms with Crippen LogP contribution in [0.15, 0.2) is 46.9 Å². The summed E-state index contributed by atoms with van der Waals surface area (Å²) in [6.07, 6.45) is 0.446. The molecule has 28 heavy (non-hydrogen) atoms. The second kappa shape index (κ2) is 8.84. The quantitative estimate of drug-likeness (QED) is 0.619. The first-order valence-electron chi connectivity index (χ1n) is 8.87. The molecule has 0 spiro atoms. The van der Waals surface area contributed by atoms with Crippen LogP contribution in [0, 0.1) is 6.92 Å². The number of sulfone groups is 1. The number of halogens is 2. The molecule has 8 heteroatoms. The van der Waals surface area contributed by atoms with E-state index in [1.54, 1.807) is 23.1 Å². The van der Waals surface area contributed by atoms with Crippen molar-refractivity contribution in [3.8, 4) is 5.75 Å². The lowest BCUT2D eigenvalue weighted by Gasteiger charge is -2.28. The van der Waals surface area contributed by atoms with Crippen LogP contribution in [0.3, 0.4) is 0 Å². The highest BCUT2D eigenvalue weighted by molar-refractivity contribution is 9.10. The Labute approximate surface area is 178 Å². The molecule has 1 aliphatic rings. The Morgan fingerprint density at radius 1 is 1.29 bits per heavy atom. The van der Waals surface area contributed by atoms with Gasteiger partial charge >= 0.3 is 0 Å². The molecule has 1 amide bonds. The van der Waals surface area contributed by atoms with Gasteiger partial charge in [-0.25, -0.2) is 8.42 Å². The van der Waals surface area contributed by atoms with Crippen LogP contribution in [0.5, 0.6) is 5.75 Å². The van der Waals surface area contributed by atoms with Crippen molar-refractivity contribution in [3.05, 3.63) is 63.1 Å². The van der Waals surface area contributed by atoms with Crippen LogP contribution in [-0.2, 0) is 21.2 Å². The number of amides is 1. The zero-order valence-corrected chi connectivity index (χ0v) is 18.6. The van der Waals surface area contributed by atoms with E-state index in [1.165, 1.54) is 0 Å². The van der Waals surface area contributed by atoms with E-state index in [1.807, 2.05) is 31.2 Å². The third kappa shape index (κ3) is 5.49. The Morgan fingerprint density at radius 2 is 2.07 bits per heavy atom. The van der Waals surface area contributed by atoms with Gasteiger partial charge < -0.3 is 9.64 Å². The van der Waals surface area contributed by atoms with Crippen molar-refractivity contribution >= 4 is 43.3 Å². The van der Waals surface area contributed by atoms with Crippen LogP contribution < -0.4 is 4.74 Å². The number of hydrogen-bond donors (Lipinski definition) is 0. The zero-order valence-electron chi connectivity index (χ0n) is 15.4. The first-order chi connectivity index (χ1) is 13.2. The van der Waals surface area contributed by atoms with E-state index < -0.39 is 9.84 Å². The summed E-state index contributed by atoms with van der Waals surface area (Å²) in [7, 11) is -3.11. The monoisotopic (exact) mass is 485 g/mol. The molecule has 1 atom stereocenters. The van der Waals surface area contributed by atoms with E-state index in [-0.39, 0.29) is 30.1 Å². The van der Waals surface area contributed by atoms with Gasteiger partial charge in [0, 0.05) is 22.1 Å². The second-order valence-corrected chi connectivity index (χ2v) is 10.5. The van der Waals surface area contributed by atoms with Gasteiger partial charge in [0.15, 0.2) is 16.4 Å². The molecule has 150 valence electrons. The Morgan fingerprint density at radius 3 is 2.71 bits per heavy atom. The zero-order chi connectivity index (χ0) is 20.3. The number of ether oxygens (including phenoxy) is 1. The van der Waals surface area contributed by atoms with E-state index in [9.17, 15) is 13.2 Å². The Kier molecular flexibility index (Phi) is 6.68. The fourth-order valence-corrected chi connectivity index (χ4v) is 5.68. The molecule has 1 heterocycles. The highest BCUT2D eigenvalue weighted by Crippen LogP contribution is 2.24. The standard InChI is InChI=1S/C20H21BrClNO4S/c1-14-9-17(22)5-6-19(14)27-12-20(24)23(18-7-8-28(25,26)13-18)11-15-3-2-4-16(21)10-15/h2-6,9-10,18H,7-8,11-13H2,1H3/t18-/m1/s1. The van der Waals surface area contributed by atoms with Crippen molar-refractivity contribution in [2.75, 3.05) is 18.1 Å². The maximum Gasteiger partial charge on any atom is 0.261 e. The number of aryl methyl sites for hydroxylation is 1. The van der Waals surface area contributed by atoms with Crippen molar-refractivity contribution in [1.29, 1.82) is 0 Å². The van der Waals surface area contributed by atoms with Crippen molar-refractivity contribution in [3.63, 3.8) is 0 Å². The van der Waals surface area contributed by atoms with Crippen LogP contribution in [-0.4, -0.2) is 43.4 Å². The summed E-state index contributed by atoms with van der Waals surface area (Å²) in [5, 5.41) is 0.601. The SMILES string of the molecule is Cc1cc(Cl)ccc1OCC(=O)N(Cc1cccc(Br)c1)[C@@H]1CCS(=O)(=O)C1. The predicted octanol–water partition coefficient (Wildman–Crippen LogP) is 4.01. The number of hydrogen-bond acceptors (Lipinski definition) is 4. The van der Waals surface area contributed by atoms with E-state index in [0.29, 0.717) is 23.7 Å². The molecule has 1 fully saturated rings. The molecule has 0 radical (unpaired) electrons. The van der Waals surface area contributed by atoms with Crippen LogP contribution in [0.4, 0.5) is 0 Å². The van der Waals surface area contributed by atoms with E-state index in [4.69, 9.17) is 16.3 Å². The normalized spacial score (nSPS) is 18.0. The molecule has 5 nitrogen and oxygen atoms in total. The third-order valence-corrected chi connectivity index (χ3v) is 7.18. The van der Waals surface area contributed by atoms with Crippen LogP contribution in [0.1, 0.15) is 17.5 Å². The maximum absolute atomic E-state index is 13.0. The van der Waals surface area contributed by atoms with Gasteiger partial charge in [0.05, 0.1) is 11.5 Å². The second-order valence-electron chi connectivity index (χ2n) is 6.91. The minimum Gasteiger partial charge on any atom is -0.483 e. The smallest absolute Gasteiger partial charge is 0.261 e. The summed E-state index contributed by atoms with van der Waals surface area (Å²) in [6, 6.07) is 12.5. The Hall–Kier alpha value is -1.57. The molecule has 0 saturated carbocycles. The van der Waals surface area contributed by atoms with Crippen LogP contribution in [0.2, 0.25) is 5.02 Å². The van der Waals surface area contributed by atoms with Gasteiger partial charge in [-0.1, -0.05) is 39.7 Å². The van der Waals surface area contributed by atoms with Crippen LogP contribution in [0.25, 0.3) is 0 Å². The molecule has 3 rings (SSSR count). The lowest BCUT2D eigenvalue weighted by Crippen LogP contribution is -2.43. The first-order valence-corrected chi connectivity index (χ1v) is 11.9. The average Bonchev–Trinajstić information content (AvgIpc) is 2.98. The molecule has 2 aromatic rings. The van der Waals surface area contributed by atoms with E-state index in [2.05, 4.69) is 15.9 Å². The van der Waals surface area contributed by atoms with Gasteiger partial charge in [-0.15, -0.1) is 0 Å². The minimum atomic E-state index is -3.11. The molecule has 0 unspecified atom stereocenters. The Balaban J connectivity index is 1.76. The molecular weight excluding hydrogens is 466 g/mol. The lowest BCUT2D eigenvalue weighted by molar-refractivity contribution is -0.136. The Bertz CT molecular complexity index is 980. The van der Waals surface area contributed by atoms with Gasteiger partial charge in [-0.2, -0.15) is 0 Å². The molecule has 1 aliphatic heterocycles. The van der Waals surface area contributed by atoms with Gasteiger partial charge in [0.25, 0.3) is 5.91 Å². The van der Waals surface area contributed by atoms with E-state index >= 15 is 0 Å². The van der Waals surface area contributed by atoms with E-state index in [0.717, 1.165) is 15.6 Å². The van der Waals surface area contributed by atoms with Crippen molar-refractivity contribution in [2.24, 2.45) is 0 Å². The summed E-state index contributed by atoms with van der Waals surface area (Å²) in [5.41, 5.74) is 1.76. The highest BCUT2D eigenvalue weighted by Gasteiger charge is 2.34. The summed E-state index contributed by atoms with van der Waals surface area (Å²) in [4.78, 5) is 14.6. The summed E-state index contributed by atoms with van der Waals surface area (Å²) in [6.45, 7) is 2.03. The predicted molar refractivity (Wildman–Crippen MR) is 113 cm³/mol. The molecule has 0 N–H and O–H groups in total. The number of benzene rings is 2. The molecule has 0 aromatic heterocycles. The fourth-order valence-electron chi connectivity index (χ4n) is 3.27. The number of carbonyl (C=O) groups is 1. The van der Waals surface area contributed by atoms with Crippen molar-refractivity contribution < 1.29 is 17.9 Å². The van der Waals surface area contributed by atoms with Crippen LogP contribution >= 0.6 is 27.5 Å². The summed E-state index contributed by atoms with van der Waals surface area (Å²) < 4.78 is 30.5. The largest absolute Gasteiger partial charge is 0.483 e. The average molecular weight is 487 g/mol. The number of rotatable bonds is 6. The highest BCUT2D eigenvalue weighted by atomic mass is 79.9. The molecule has 0 bridgehead atoms. The minimum absolute atomic E-state index is 0.00723. The van der Waals surface area contributed by atoms with Crippen molar-refractivity contribution in [2.45, 2.75) is 25.9 Å². The number of nitrogens with zero attached hydrogens (tertiary/aromatic N) is 1. The molecule has 0 aliphatic carbocycles. The third-order valence-electron chi connectivity index (χ3n) is 4.70. The summed E-state index contributed by atoms with van der Waals surface area (Å²) >= 11 is 9.39. The molecule has 1 saturated heterocycles. The lowest BCUT2D eigenvalue weighted by atomic mass is 10.1. The van der Waals surface area contributed by atoms with Gasteiger partial charge in [-0.05, 0) is 54.8 Å². The maximum atomic E-state index is 13.0. The molecule has 2 aromatic carbocycles. The topological polar surface area (TPSA) is 63.7 Å². The first kappa shape index (κ1) is 21.1. The molecular formula is C20H21BrClNO4S. The summed E-state index contributed by atoms with van der Waals surface area (Å²) in [5.74, 6) is 0.444. The fraction of sp³-hybridized carbons (Fsp3) is 0.350. The van der Waals surface area contributed by atoms with Crippen molar-refractivity contribution in [1.82, 2.24) is 4.90 Å². The van der Waals surface area contributed by atoms with Gasteiger partial charge in [0.1, 0.15) is 5.75 Å².